The van der Waals surface area contributed by atoms with Crippen molar-refractivity contribution < 1.29 is 9.15 Å². The summed E-state index contributed by atoms with van der Waals surface area (Å²) >= 11 is 18.9. The fraction of sp³-hybridized carbons (Fsp3) is 0.0870. The molecule has 150 valence electrons. The fourth-order valence-electron chi connectivity index (χ4n) is 3.73. The van der Waals surface area contributed by atoms with E-state index in [0.29, 0.717) is 38.5 Å². The Morgan fingerprint density at radius 3 is 2.37 bits per heavy atom. The van der Waals surface area contributed by atoms with E-state index in [1.807, 2.05) is 35.2 Å². The quantitative estimate of drug-likeness (QED) is 0.311. The Hall–Kier alpha value is -2.66. The Morgan fingerprint density at radius 1 is 0.900 bits per heavy atom. The molecule has 1 aliphatic heterocycles. The lowest BCUT2D eigenvalue weighted by molar-refractivity contribution is 0.289. The van der Waals surface area contributed by atoms with Crippen molar-refractivity contribution in [2.24, 2.45) is 0 Å². The molecule has 1 aliphatic rings. The van der Waals surface area contributed by atoms with Gasteiger partial charge in [-0.05, 0) is 35.4 Å². The van der Waals surface area contributed by atoms with Crippen LogP contribution in [0.3, 0.4) is 0 Å². The molecule has 1 aromatic heterocycles. The van der Waals surface area contributed by atoms with Crippen LogP contribution < -0.4 is 15.3 Å². The third-order valence-electron chi connectivity index (χ3n) is 5.05. The molecule has 0 aliphatic carbocycles. The van der Waals surface area contributed by atoms with Crippen molar-refractivity contribution in [1.29, 1.82) is 0 Å². The molecule has 0 radical (unpaired) electrons. The lowest BCUT2D eigenvalue weighted by atomic mass is 9.99. The van der Waals surface area contributed by atoms with Crippen molar-refractivity contribution in [3.05, 3.63) is 91.7 Å². The van der Waals surface area contributed by atoms with Gasteiger partial charge in [0.1, 0.15) is 11.3 Å². The largest absolute Gasteiger partial charge is 0.471 e. The zero-order chi connectivity index (χ0) is 20.8. The van der Waals surface area contributed by atoms with E-state index in [1.54, 1.807) is 24.3 Å². The van der Waals surface area contributed by atoms with E-state index < -0.39 is 5.63 Å². The number of hydrogen-bond acceptors (Lipinski definition) is 4. The minimum absolute atomic E-state index is 0.261. The molecule has 4 nitrogen and oxygen atoms in total. The molecule has 0 atom stereocenters. The van der Waals surface area contributed by atoms with Gasteiger partial charge in [-0.1, -0.05) is 65.1 Å². The second-order valence-corrected chi connectivity index (χ2v) is 8.27. The number of benzene rings is 3. The standard InChI is InChI=1S/C23H14Cl3NO3/c24-14-6-15(25)8-16(7-14)27-11-19-22-18(9-20(26)23(19)29-12-27)17(10-21(28)30-22)13-4-2-1-3-5-13/h1-10H,11-12H2. The second-order valence-electron chi connectivity index (χ2n) is 6.99. The van der Waals surface area contributed by atoms with Gasteiger partial charge in [-0.15, -0.1) is 0 Å². The number of hydrogen-bond donors (Lipinski definition) is 0. The Kier molecular flexibility index (Phi) is 4.86. The van der Waals surface area contributed by atoms with Crippen LogP contribution in [0.5, 0.6) is 5.75 Å². The molecule has 0 unspecified atom stereocenters. The zero-order valence-electron chi connectivity index (χ0n) is 15.5. The van der Waals surface area contributed by atoms with Crippen molar-refractivity contribution >= 4 is 51.5 Å². The Morgan fingerprint density at radius 2 is 1.63 bits per heavy atom. The minimum atomic E-state index is -0.436. The summed E-state index contributed by atoms with van der Waals surface area (Å²) in [5, 5.41) is 2.26. The van der Waals surface area contributed by atoms with Crippen LogP contribution in [0.15, 0.2) is 69.9 Å². The van der Waals surface area contributed by atoms with Crippen molar-refractivity contribution in [1.82, 2.24) is 0 Å². The predicted octanol–water partition coefficient (Wildman–Crippen LogP) is 6.78. The van der Waals surface area contributed by atoms with Gasteiger partial charge in [-0.25, -0.2) is 4.79 Å². The molecule has 0 N–H and O–H groups in total. The van der Waals surface area contributed by atoms with Crippen molar-refractivity contribution in [3.8, 4) is 16.9 Å². The van der Waals surface area contributed by atoms with Gasteiger partial charge in [0.05, 0.1) is 17.1 Å². The summed E-state index contributed by atoms with van der Waals surface area (Å²) in [4.78, 5) is 14.3. The summed E-state index contributed by atoms with van der Waals surface area (Å²) in [5.41, 5.74) is 3.19. The highest BCUT2D eigenvalue weighted by atomic mass is 35.5. The molecule has 0 saturated carbocycles. The number of ether oxygens (including phenoxy) is 1. The van der Waals surface area contributed by atoms with E-state index in [4.69, 9.17) is 44.0 Å². The third-order valence-corrected chi connectivity index (χ3v) is 5.76. The van der Waals surface area contributed by atoms with E-state index in [0.717, 1.165) is 22.2 Å². The van der Waals surface area contributed by atoms with Crippen LogP contribution in [-0.4, -0.2) is 6.73 Å². The Labute approximate surface area is 187 Å². The van der Waals surface area contributed by atoms with Crippen LogP contribution in [0.2, 0.25) is 15.1 Å². The first-order valence-electron chi connectivity index (χ1n) is 9.18. The number of nitrogens with zero attached hydrogens (tertiary/aromatic N) is 1. The molecular weight excluding hydrogens is 445 g/mol. The molecule has 30 heavy (non-hydrogen) atoms. The highest BCUT2D eigenvalue weighted by Gasteiger charge is 2.26. The first-order valence-corrected chi connectivity index (χ1v) is 10.3. The molecule has 7 heteroatoms. The number of rotatable bonds is 2. The van der Waals surface area contributed by atoms with Crippen molar-refractivity contribution in [2.45, 2.75) is 6.54 Å². The molecule has 2 heterocycles. The monoisotopic (exact) mass is 457 g/mol. The Balaban J connectivity index is 1.70. The van der Waals surface area contributed by atoms with Crippen LogP contribution in [-0.2, 0) is 6.54 Å². The molecule has 0 saturated heterocycles. The average Bonchev–Trinajstić information content (AvgIpc) is 2.73. The topological polar surface area (TPSA) is 42.7 Å². The van der Waals surface area contributed by atoms with E-state index in [1.165, 1.54) is 6.07 Å². The van der Waals surface area contributed by atoms with Crippen molar-refractivity contribution in [2.75, 3.05) is 11.6 Å². The predicted molar refractivity (Wildman–Crippen MR) is 121 cm³/mol. The van der Waals surface area contributed by atoms with E-state index in [9.17, 15) is 4.79 Å². The number of anilines is 1. The van der Waals surface area contributed by atoms with Gasteiger partial charge in [0.25, 0.3) is 0 Å². The highest BCUT2D eigenvalue weighted by Crippen LogP contribution is 2.42. The average molecular weight is 459 g/mol. The zero-order valence-corrected chi connectivity index (χ0v) is 17.8. The van der Waals surface area contributed by atoms with Gasteiger partial charge in [-0.3, -0.25) is 0 Å². The molecule has 4 aromatic rings. The summed E-state index contributed by atoms with van der Waals surface area (Å²) in [7, 11) is 0. The maximum atomic E-state index is 12.4. The van der Waals surface area contributed by atoms with Crippen LogP contribution in [0.1, 0.15) is 5.56 Å². The molecule has 5 rings (SSSR count). The highest BCUT2D eigenvalue weighted by molar-refractivity contribution is 6.35. The first-order chi connectivity index (χ1) is 14.5. The molecule has 0 amide bonds. The van der Waals surface area contributed by atoms with E-state index in [2.05, 4.69) is 0 Å². The normalized spacial score (nSPS) is 13.2. The van der Waals surface area contributed by atoms with Gasteiger partial charge in [0, 0.05) is 27.2 Å². The van der Waals surface area contributed by atoms with Gasteiger partial charge in [-0.2, -0.15) is 0 Å². The van der Waals surface area contributed by atoms with Gasteiger partial charge < -0.3 is 14.1 Å². The van der Waals surface area contributed by atoms with E-state index >= 15 is 0 Å². The second kappa shape index (κ2) is 7.55. The van der Waals surface area contributed by atoms with Crippen LogP contribution in [0, 0.1) is 0 Å². The van der Waals surface area contributed by atoms with Gasteiger partial charge in [0.15, 0.2) is 6.73 Å². The van der Waals surface area contributed by atoms with E-state index in [-0.39, 0.29) is 6.73 Å². The number of fused-ring (bicyclic) bond motifs is 3. The summed E-state index contributed by atoms with van der Waals surface area (Å²) in [6.07, 6.45) is 0. The first kappa shape index (κ1) is 19.3. The number of halogens is 3. The lowest BCUT2D eigenvalue weighted by Gasteiger charge is -2.31. The van der Waals surface area contributed by atoms with Gasteiger partial charge >= 0.3 is 5.63 Å². The van der Waals surface area contributed by atoms with Gasteiger partial charge in [0.2, 0.25) is 0 Å². The molecule has 0 fully saturated rings. The minimum Gasteiger partial charge on any atom is -0.471 e. The molecule has 0 bridgehead atoms. The summed E-state index contributed by atoms with van der Waals surface area (Å²) < 4.78 is 11.6. The van der Waals surface area contributed by atoms with Crippen molar-refractivity contribution in [3.63, 3.8) is 0 Å². The lowest BCUT2D eigenvalue weighted by Crippen LogP contribution is -2.32. The Bertz CT molecular complexity index is 1320. The fourth-order valence-corrected chi connectivity index (χ4v) is 4.53. The summed E-state index contributed by atoms with van der Waals surface area (Å²) in [6.45, 7) is 0.682. The summed E-state index contributed by atoms with van der Waals surface area (Å²) in [5.74, 6) is 0.516. The smallest absolute Gasteiger partial charge is 0.336 e. The maximum absolute atomic E-state index is 12.4. The summed E-state index contributed by atoms with van der Waals surface area (Å²) in [6, 6.07) is 18.2. The van der Waals surface area contributed by atoms with Crippen LogP contribution >= 0.6 is 34.8 Å². The molecule has 0 spiro atoms. The maximum Gasteiger partial charge on any atom is 0.336 e. The third kappa shape index (κ3) is 3.41. The van der Waals surface area contributed by atoms with Crippen LogP contribution in [0.4, 0.5) is 5.69 Å². The molecular formula is C23H14Cl3NO3. The SMILES string of the molecule is O=c1cc(-c2ccccc2)c2cc(Cl)c3c(c2o1)CN(c1cc(Cl)cc(Cl)c1)CO3. The van der Waals surface area contributed by atoms with Crippen LogP contribution in [0.25, 0.3) is 22.1 Å². The molecule has 3 aromatic carbocycles.